The van der Waals surface area contributed by atoms with Gasteiger partial charge >= 0.3 is 5.97 Å². The fraction of sp³-hybridized carbons (Fsp3) is 0.238. The molecule has 0 aliphatic heterocycles. The fourth-order valence-corrected chi connectivity index (χ4v) is 3.92. The van der Waals surface area contributed by atoms with E-state index in [1.54, 1.807) is 20.4 Å². The van der Waals surface area contributed by atoms with Crippen molar-refractivity contribution in [2.24, 2.45) is 0 Å². The quantitative estimate of drug-likeness (QED) is 0.638. The molecule has 0 spiro atoms. The first-order valence-corrected chi connectivity index (χ1v) is 9.30. The maximum absolute atomic E-state index is 11.5. The van der Waals surface area contributed by atoms with E-state index in [2.05, 4.69) is 4.98 Å². The number of aliphatic carboxylic acids is 1. The lowest BCUT2D eigenvalue weighted by atomic mass is 9.92. The molecule has 0 saturated heterocycles. The number of carbonyl (C=O) groups is 1. The molecule has 0 aliphatic carbocycles. The molecule has 0 saturated carbocycles. The molecule has 1 heterocycles. The summed E-state index contributed by atoms with van der Waals surface area (Å²) in [5, 5.41) is 10.2. The molecule has 0 bridgehead atoms. The van der Waals surface area contributed by atoms with E-state index >= 15 is 0 Å². The number of methoxy groups -OCH3 is 2. The number of ether oxygens (including phenoxy) is 2. The third-order valence-corrected chi connectivity index (χ3v) is 5.35. The first-order chi connectivity index (χ1) is 13.0. The van der Waals surface area contributed by atoms with Crippen LogP contribution in [0.2, 0.25) is 0 Å². The van der Waals surface area contributed by atoms with Crippen LogP contribution in [0.15, 0.2) is 48.7 Å². The molecule has 5 nitrogen and oxygen atoms in total. The molecule has 140 valence electrons. The molecular weight excluding hydrogens is 362 g/mol. The van der Waals surface area contributed by atoms with E-state index in [0.29, 0.717) is 5.75 Å². The summed E-state index contributed by atoms with van der Waals surface area (Å²) < 4.78 is 10.8. The average molecular weight is 383 g/mol. The van der Waals surface area contributed by atoms with Crippen LogP contribution < -0.4 is 9.47 Å². The van der Waals surface area contributed by atoms with Crippen LogP contribution in [0.1, 0.15) is 27.8 Å². The number of hydrogen-bond donors (Lipinski definition) is 1. The molecule has 3 rings (SSSR count). The second-order valence-corrected chi connectivity index (χ2v) is 7.41. The van der Waals surface area contributed by atoms with Gasteiger partial charge in [-0.25, -0.2) is 4.98 Å². The molecule has 1 atom stereocenters. The normalized spacial score (nSPS) is 11.8. The number of aryl methyl sites for hydroxylation is 1. The Morgan fingerprint density at radius 2 is 1.93 bits per heavy atom. The van der Waals surface area contributed by atoms with Crippen molar-refractivity contribution >= 4 is 17.3 Å². The molecule has 0 radical (unpaired) electrons. The van der Waals surface area contributed by atoms with Gasteiger partial charge in [0, 0.05) is 16.6 Å². The third kappa shape index (κ3) is 4.28. The molecule has 27 heavy (non-hydrogen) atoms. The SMILES string of the molecule is COc1cccc(-c2ccc(OC)c(C(CC(=O)O)c3ncc(C)s3)c2)c1. The number of thiazole rings is 1. The Hall–Kier alpha value is -2.86. The van der Waals surface area contributed by atoms with Crippen LogP contribution in [0.4, 0.5) is 0 Å². The molecular formula is C21H21NO4S. The second-order valence-electron chi connectivity index (χ2n) is 6.15. The van der Waals surface area contributed by atoms with Crippen LogP contribution in [0.3, 0.4) is 0 Å². The highest BCUT2D eigenvalue weighted by molar-refractivity contribution is 7.11. The lowest BCUT2D eigenvalue weighted by molar-refractivity contribution is -0.137. The van der Waals surface area contributed by atoms with Gasteiger partial charge in [-0.1, -0.05) is 18.2 Å². The molecule has 1 aromatic heterocycles. The average Bonchev–Trinajstić information content (AvgIpc) is 3.11. The Labute approximate surface area is 162 Å². The van der Waals surface area contributed by atoms with Crippen molar-refractivity contribution in [3.8, 4) is 22.6 Å². The van der Waals surface area contributed by atoms with Crippen LogP contribution in [-0.2, 0) is 4.79 Å². The summed E-state index contributed by atoms with van der Waals surface area (Å²) >= 11 is 1.51. The van der Waals surface area contributed by atoms with Crippen LogP contribution in [0.5, 0.6) is 11.5 Å². The van der Waals surface area contributed by atoms with Crippen molar-refractivity contribution in [1.82, 2.24) is 4.98 Å². The minimum Gasteiger partial charge on any atom is -0.497 e. The van der Waals surface area contributed by atoms with Gasteiger partial charge in [0.25, 0.3) is 0 Å². The van der Waals surface area contributed by atoms with E-state index in [9.17, 15) is 9.90 Å². The molecule has 0 aliphatic rings. The van der Waals surface area contributed by atoms with E-state index in [0.717, 1.165) is 32.3 Å². The van der Waals surface area contributed by atoms with E-state index in [1.807, 2.05) is 49.4 Å². The highest BCUT2D eigenvalue weighted by atomic mass is 32.1. The maximum Gasteiger partial charge on any atom is 0.304 e. The van der Waals surface area contributed by atoms with Gasteiger partial charge in [0.2, 0.25) is 0 Å². The van der Waals surface area contributed by atoms with E-state index < -0.39 is 5.97 Å². The summed E-state index contributed by atoms with van der Waals surface area (Å²) in [5.41, 5.74) is 2.77. The minimum atomic E-state index is -0.873. The molecule has 0 fully saturated rings. The van der Waals surface area contributed by atoms with Crippen LogP contribution >= 0.6 is 11.3 Å². The van der Waals surface area contributed by atoms with E-state index in [-0.39, 0.29) is 12.3 Å². The Balaban J connectivity index is 2.11. The number of nitrogens with zero attached hydrogens (tertiary/aromatic N) is 1. The van der Waals surface area contributed by atoms with Crippen LogP contribution in [-0.4, -0.2) is 30.3 Å². The topological polar surface area (TPSA) is 68.7 Å². The predicted octanol–water partition coefficient (Wildman–Crippen LogP) is 4.74. The minimum absolute atomic E-state index is 0.0507. The van der Waals surface area contributed by atoms with Gasteiger partial charge in [-0.3, -0.25) is 4.79 Å². The van der Waals surface area contributed by atoms with Crippen LogP contribution in [0.25, 0.3) is 11.1 Å². The number of hydrogen-bond acceptors (Lipinski definition) is 5. The van der Waals surface area contributed by atoms with Crippen molar-refractivity contribution in [1.29, 1.82) is 0 Å². The van der Waals surface area contributed by atoms with Gasteiger partial charge < -0.3 is 14.6 Å². The highest BCUT2D eigenvalue weighted by Gasteiger charge is 2.25. The third-order valence-electron chi connectivity index (χ3n) is 4.32. The van der Waals surface area contributed by atoms with Gasteiger partial charge in [-0.2, -0.15) is 0 Å². The molecule has 0 amide bonds. The van der Waals surface area contributed by atoms with Gasteiger partial charge in [0.05, 0.1) is 26.6 Å². The largest absolute Gasteiger partial charge is 0.497 e. The van der Waals surface area contributed by atoms with Crippen molar-refractivity contribution in [3.63, 3.8) is 0 Å². The zero-order chi connectivity index (χ0) is 19.4. The van der Waals surface area contributed by atoms with E-state index in [4.69, 9.17) is 9.47 Å². The van der Waals surface area contributed by atoms with E-state index in [1.165, 1.54) is 11.3 Å². The first-order valence-electron chi connectivity index (χ1n) is 8.48. The number of rotatable bonds is 7. The molecule has 1 unspecified atom stereocenters. The lowest BCUT2D eigenvalue weighted by Crippen LogP contribution is -2.09. The smallest absolute Gasteiger partial charge is 0.304 e. The van der Waals surface area contributed by atoms with Gasteiger partial charge in [-0.15, -0.1) is 11.3 Å². The monoisotopic (exact) mass is 383 g/mol. The van der Waals surface area contributed by atoms with Crippen molar-refractivity contribution in [2.45, 2.75) is 19.3 Å². The van der Waals surface area contributed by atoms with Gasteiger partial charge in [-0.05, 0) is 42.3 Å². The summed E-state index contributed by atoms with van der Waals surface area (Å²) in [7, 11) is 3.22. The van der Waals surface area contributed by atoms with Crippen molar-refractivity contribution in [2.75, 3.05) is 14.2 Å². The Bertz CT molecular complexity index is 951. The molecule has 6 heteroatoms. The standard InChI is InChI=1S/C21H21NO4S/c1-13-12-22-21(27-13)18(11-20(23)24)17-10-15(7-8-19(17)26-3)14-5-4-6-16(9-14)25-2/h4-10,12,18H,11H2,1-3H3,(H,23,24). The highest BCUT2D eigenvalue weighted by Crippen LogP contribution is 2.39. The summed E-state index contributed by atoms with van der Waals surface area (Å²) in [6, 6.07) is 13.6. The zero-order valence-electron chi connectivity index (χ0n) is 15.4. The summed E-state index contributed by atoms with van der Waals surface area (Å²) in [6.07, 6.45) is 1.72. The lowest BCUT2D eigenvalue weighted by Gasteiger charge is -2.18. The Kier molecular flexibility index (Phi) is 5.76. The zero-order valence-corrected chi connectivity index (χ0v) is 16.2. The number of carboxylic acids is 1. The Morgan fingerprint density at radius 3 is 2.56 bits per heavy atom. The van der Waals surface area contributed by atoms with Crippen molar-refractivity contribution in [3.05, 3.63) is 64.1 Å². The number of carboxylic acid groups (broad SMARTS) is 1. The fourth-order valence-electron chi connectivity index (χ4n) is 3.03. The van der Waals surface area contributed by atoms with Crippen molar-refractivity contribution < 1.29 is 19.4 Å². The van der Waals surface area contributed by atoms with Gasteiger partial charge in [0.15, 0.2) is 0 Å². The maximum atomic E-state index is 11.5. The number of benzene rings is 2. The molecule has 1 N–H and O–H groups in total. The Morgan fingerprint density at radius 1 is 1.15 bits per heavy atom. The predicted molar refractivity (Wildman–Crippen MR) is 106 cm³/mol. The summed E-state index contributed by atoms with van der Waals surface area (Å²) in [6.45, 7) is 1.96. The first kappa shape index (κ1) is 18.9. The van der Waals surface area contributed by atoms with Gasteiger partial charge in [0.1, 0.15) is 16.5 Å². The number of aromatic nitrogens is 1. The summed E-state index contributed by atoms with van der Waals surface area (Å²) in [5.74, 6) is 0.173. The second kappa shape index (κ2) is 8.22. The summed E-state index contributed by atoms with van der Waals surface area (Å²) in [4.78, 5) is 17.0. The van der Waals surface area contributed by atoms with Crippen LogP contribution in [0, 0.1) is 6.92 Å². The molecule has 3 aromatic rings. The molecule has 2 aromatic carbocycles.